The number of amides is 1. The lowest BCUT2D eigenvalue weighted by molar-refractivity contribution is -0.120. The van der Waals surface area contributed by atoms with Gasteiger partial charge in [0.05, 0.1) is 6.20 Å². The van der Waals surface area contributed by atoms with E-state index >= 15 is 0 Å². The highest BCUT2D eigenvalue weighted by molar-refractivity contribution is 6.06. The summed E-state index contributed by atoms with van der Waals surface area (Å²) in [5.41, 5.74) is 4.93. The Hall–Kier alpha value is -3.08. The van der Waals surface area contributed by atoms with Crippen LogP contribution in [-0.2, 0) is 11.2 Å². The lowest BCUT2D eigenvalue weighted by Gasteiger charge is -2.24. The number of fused-ring (bicyclic) bond motifs is 1. The van der Waals surface area contributed by atoms with Crippen LogP contribution in [-0.4, -0.2) is 28.2 Å². The molecule has 1 saturated heterocycles. The Labute approximate surface area is 145 Å². The van der Waals surface area contributed by atoms with Gasteiger partial charge in [-0.1, -0.05) is 30.3 Å². The van der Waals surface area contributed by atoms with E-state index in [1.807, 2.05) is 47.5 Å². The van der Waals surface area contributed by atoms with Gasteiger partial charge < -0.3 is 10.2 Å². The summed E-state index contributed by atoms with van der Waals surface area (Å²) >= 11 is 0. The molecule has 0 saturated carbocycles. The Bertz CT molecular complexity index is 906. The van der Waals surface area contributed by atoms with Gasteiger partial charge in [0.15, 0.2) is 0 Å². The number of carbonyl (C=O) groups is 1. The maximum Gasteiger partial charge on any atom is 0.253 e. The molecule has 5 rings (SSSR count). The number of carbonyl (C=O) groups excluding carboxylic acids is 1. The molecule has 124 valence electrons. The van der Waals surface area contributed by atoms with Crippen LogP contribution in [0.3, 0.4) is 0 Å². The van der Waals surface area contributed by atoms with E-state index < -0.39 is 5.54 Å². The van der Waals surface area contributed by atoms with Crippen LogP contribution in [0.4, 0.5) is 11.4 Å². The van der Waals surface area contributed by atoms with E-state index in [0.717, 1.165) is 41.9 Å². The monoisotopic (exact) mass is 330 g/mol. The van der Waals surface area contributed by atoms with Crippen LogP contribution < -0.4 is 10.2 Å². The summed E-state index contributed by atoms with van der Waals surface area (Å²) in [7, 11) is 0. The number of para-hydroxylation sites is 1. The molecule has 1 aromatic heterocycles. The molecule has 0 bridgehead atoms. The molecular formula is C20H18N4O. The summed E-state index contributed by atoms with van der Waals surface area (Å²) in [4.78, 5) is 15.1. The van der Waals surface area contributed by atoms with E-state index in [1.54, 1.807) is 6.20 Å². The highest BCUT2D eigenvalue weighted by atomic mass is 16.2. The summed E-state index contributed by atoms with van der Waals surface area (Å²) < 4.78 is 0. The molecule has 2 aliphatic rings. The van der Waals surface area contributed by atoms with Gasteiger partial charge >= 0.3 is 0 Å². The standard InChI is InChI=1S/C20H18N4O/c25-19-20(11-15-3-1-2-4-18(15)23-20)9-10-24(19)17-7-5-14(6-8-17)16-12-21-22-13-16/h1-8,12-13,23H,9-11H2,(H,21,22)/t20-/m0/s1. The fourth-order valence-electron chi connectivity index (χ4n) is 3.96. The number of H-pyrrole nitrogens is 1. The van der Waals surface area contributed by atoms with Gasteiger partial charge in [-0.3, -0.25) is 9.89 Å². The summed E-state index contributed by atoms with van der Waals surface area (Å²) in [6.07, 6.45) is 5.25. The zero-order valence-electron chi connectivity index (χ0n) is 13.7. The number of rotatable bonds is 2. The number of hydrogen-bond acceptors (Lipinski definition) is 3. The SMILES string of the molecule is O=C1N(c2ccc(-c3cn[nH]c3)cc2)CC[C@]12Cc1ccccc1N2. The van der Waals surface area contributed by atoms with Crippen LogP contribution >= 0.6 is 0 Å². The van der Waals surface area contributed by atoms with Crippen molar-refractivity contribution in [1.82, 2.24) is 10.2 Å². The van der Waals surface area contributed by atoms with Gasteiger partial charge in [-0.05, 0) is 35.7 Å². The molecule has 0 unspecified atom stereocenters. The maximum atomic E-state index is 13.2. The van der Waals surface area contributed by atoms with Crippen LogP contribution in [0.5, 0.6) is 0 Å². The van der Waals surface area contributed by atoms with Gasteiger partial charge in [-0.2, -0.15) is 5.10 Å². The normalized spacial score (nSPS) is 21.6. The first-order valence-corrected chi connectivity index (χ1v) is 8.52. The van der Waals surface area contributed by atoms with Crippen molar-refractivity contribution >= 4 is 17.3 Å². The minimum absolute atomic E-state index is 0.166. The lowest BCUT2D eigenvalue weighted by Crippen LogP contribution is -2.45. The van der Waals surface area contributed by atoms with Crippen molar-refractivity contribution in [2.75, 3.05) is 16.8 Å². The number of nitrogens with zero attached hydrogens (tertiary/aromatic N) is 2. The van der Waals surface area contributed by atoms with Gasteiger partial charge in [0.1, 0.15) is 5.54 Å². The highest BCUT2D eigenvalue weighted by Gasteiger charge is 2.50. The fraction of sp³-hybridized carbons (Fsp3) is 0.200. The van der Waals surface area contributed by atoms with Crippen molar-refractivity contribution in [3.8, 4) is 11.1 Å². The average molecular weight is 330 g/mol. The quantitative estimate of drug-likeness (QED) is 0.758. The van der Waals surface area contributed by atoms with Crippen molar-refractivity contribution in [3.63, 3.8) is 0 Å². The molecule has 5 nitrogen and oxygen atoms in total. The lowest BCUT2D eigenvalue weighted by atomic mass is 9.93. The predicted octanol–water partition coefficient (Wildman–Crippen LogP) is 3.22. The van der Waals surface area contributed by atoms with Gasteiger partial charge in [0.2, 0.25) is 0 Å². The van der Waals surface area contributed by atoms with Crippen molar-refractivity contribution in [2.24, 2.45) is 0 Å². The minimum Gasteiger partial charge on any atom is -0.371 e. The molecule has 0 radical (unpaired) electrons. The van der Waals surface area contributed by atoms with Crippen molar-refractivity contribution in [1.29, 1.82) is 0 Å². The number of benzene rings is 2. The zero-order chi connectivity index (χ0) is 16.9. The van der Waals surface area contributed by atoms with Crippen molar-refractivity contribution in [3.05, 3.63) is 66.5 Å². The molecule has 1 amide bonds. The molecule has 5 heteroatoms. The average Bonchev–Trinajstić information content (AvgIpc) is 3.36. The summed E-state index contributed by atoms with van der Waals surface area (Å²) in [5, 5.41) is 10.3. The first-order valence-electron chi connectivity index (χ1n) is 8.52. The molecule has 1 spiro atoms. The predicted molar refractivity (Wildman–Crippen MR) is 97.5 cm³/mol. The number of aromatic nitrogens is 2. The van der Waals surface area contributed by atoms with Crippen LogP contribution in [0.25, 0.3) is 11.1 Å². The van der Waals surface area contributed by atoms with Crippen LogP contribution in [0.15, 0.2) is 60.9 Å². The Morgan fingerprint density at radius 2 is 1.88 bits per heavy atom. The number of aromatic amines is 1. The van der Waals surface area contributed by atoms with E-state index in [9.17, 15) is 4.79 Å². The van der Waals surface area contributed by atoms with E-state index in [4.69, 9.17) is 0 Å². The second-order valence-electron chi connectivity index (χ2n) is 6.78. The topological polar surface area (TPSA) is 61.0 Å². The molecule has 0 aliphatic carbocycles. The molecular weight excluding hydrogens is 312 g/mol. The van der Waals surface area contributed by atoms with Gasteiger partial charge in [0.25, 0.3) is 5.91 Å². The number of anilines is 2. The van der Waals surface area contributed by atoms with Crippen LogP contribution in [0.1, 0.15) is 12.0 Å². The fourth-order valence-corrected chi connectivity index (χ4v) is 3.96. The minimum atomic E-state index is -0.479. The summed E-state index contributed by atoms with van der Waals surface area (Å²) in [6, 6.07) is 16.3. The third-order valence-corrected chi connectivity index (χ3v) is 5.31. The molecule has 1 fully saturated rings. The highest BCUT2D eigenvalue weighted by Crippen LogP contribution is 2.40. The van der Waals surface area contributed by atoms with E-state index in [1.165, 1.54) is 5.56 Å². The third-order valence-electron chi connectivity index (χ3n) is 5.31. The van der Waals surface area contributed by atoms with E-state index in [-0.39, 0.29) is 5.91 Å². The first kappa shape index (κ1) is 14.3. The van der Waals surface area contributed by atoms with Crippen molar-refractivity contribution < 1.29 is 4.79 Å². The second-order valence-corrected chi connectivity index (χ2v) is 6.78. The maximum absolute atomic E-state index is 13.2. The Morgan fingerprint density at radius 3 is 2.64 bits per heavy atom. The largest absolute Gasteiger partial charge is 0.371 e. The zero-order valence-corrected chi connectivity index (χ0v) is 13.7. The van der Waals surface area contributed by atoms with Gasteiger partial charge in [0, 0.05) is 36.1 Å². The molecule has 3 aromatic rings. The molecule has 2 aromatic carbocycles. The number of hydrogen-bond donors (Lipinski definition) is 2. The molecule has 2 N–H and O–H groups in total. The Kier molecular flexibility index (Phi) is 2.98. The molecule has 25 heavy (non-hydrogen) atoms. The molecule has 1 atom stereocenters. The Balaban J connectivity index is 1.41. The smallest absolute Gasteiger partial charge is 0.253 e. The van der Waals surface area contributed by atoms with E-state index in [2.05, 4.69) is 27.6 Å². The molecule has 2 aliphatic heterocycles. The van der Waals surface area contributed by atoms with Crippen LogP contribution in [0.2, 0.25) is 0 Å². The molecule has 3 heterocycles. The van der Waals surface area contributed by atoms with Crippen LogP contribution in [0, 0.1) is 0 Å². The van der Waals surface area contributed by atoms with Gasteiger partial charge in [-0.25, -0.2) is 0 Å². The van der Waals surface area contributed by atoms with Gasteiger partial charge in [-0.15, -0.1) is 0 Å². The van der Waals surface area contributed by atoms with E-state index in [0.29, 0.717) is 0 Å². The summed E-state index contributed by atoms with van der Waals surface area (Å²) in [6.45, 7) is 0.741. The second kappa shape index (κ2) is 5.21. The summed E-state index contributed by atoms with van der Waals surface area (Å²) in [5.74, 6) is 0.166. The Morgan fingerprint density at radius 1 is 1.04 bits per heavy atom. The number of nitrogens with one attached hydrogen (secondary N) is 2. The third kappa shape index (κ3) is 2.16. The first-order chi connectivity index (χ1) is 12.3. The van der Waals surface area contributed by atoms with Crippen molar-refractivity contribution in [2.45, 2.75) is 18.4 Å².